The molecule has 0 bridgehead atoms. The number of aromatic nitrogens is 1. The topological polar surface area (TPSA) is 52.0 Å². The maximum Gasteiger partial charge on any atom is 0.171 e. The van der Waals surface area contributed by atoms with Crippen LogP contribution in [0.15, 0.2) is 27.2 Å². The molecule has 0 aliphatic heterocycles. The summed E-state index contributed by atoms with van der Waals surface area (Å²) in [4.78, 5) is 0. The third kappa shape index (κ3) is 1.18. The van der Waals surface area contributed by atoms with Crippen molar-refractivity contribution in [3.63, 3.8) is 0 Å². The molecule has 1 aromatic heterocycles. The highest BCUT2D eigenvalue weighted by atomic mass is 79.9. The van der Waals surface area contributed by atoms with Crippen LogP contribution in [0.2, 0.25) is 0 Å². The zero-order valence-corrected chi connectivity index (χ0v) is 9.54. The summed E-state index contributed by atoms with van der Waals surface area (Å²) in [6.07, 6.45) is 0.863. The number of hydrogen-bond acceptors (Lipinski definition) is 3. The quantitative estimate of drug-likeness (QED) is 0.735. The van der Waals surface area contributed by atoms with Crippen molar-refractivity contribution in [1.82, 2.24) is 5.16 Å². The Balaban J connectivity index is 2.24. The summed E-state index contributed by atoms with van der Waals surface area (Å²) in [5.74, 6) is 0.881. The van der Waals surface area contributed by atoms with E-state index in [2.05, 4.69) is 27.2 Å². The second-order valence-electron chi connectivity index (χ2n) is 3.58. The summed E-state index contributed by atoms with van der Waals surface area (Å²) in [5, 5.41) is 3.97. The van der Waals surface area contributed by atoms with Crippen molar-refractivity contribution in [3.8, 4) is 11.3 Å². The summed E-state index contributed by atoms with van der Waals surface area (Å²) >= 11 is 3.54. The van der Waals surface area contributed by atoms with Crippen molar-refractivity contribution < 1.29 is 4.52 Å². The Hall–Kier alpha value is -1.13. The van der Waals surface area contributed by atoms with Crippen LogP contribution in [0, 0.1) is 0 Å². The van der Waals surface area contributed by atoms with Crippen molar-refractivity contribution in [2.45, 2.75) is 13.0 Å². The molecule has 0 atom stereocenters. The largest absolute Gasteiger partial charge is 0.356 e. The van der Waals surface area contributed by atoms with Gasteiger partial charge in [-0.15, -0.1) is 0 Å². The third-order valence-corrected chi connectivity index (χ3v) is 3.52. The lowest BCUT2D eigenvalue weighted by atomic mass is 10.1. The minimum atomic E-state index is 0.435. The first kappa shape index (κ1) is 9.12. The van der Waals surface area contributed by atoms with Gasteiger partial charge in [-0.1, -0.05) is 33.2 Å². The van der Waals surface area contributed by atoms with Crippen molar-refractivity contribution >= 4 is 15.9 Å². The highest BCUT2D eigenvalue weighted by molar-refractivity contribution is 9.10. The van der Waals surface area contributed by atoms with Gasteiger partial charge in [0.05, 0.1) is 0 Å². The number of nitrogens with zero attached hydrogens (tertiary/aromatic N) is 1. The Labute approximate surface area is 95.4 Å². The van der Waals surface area contributed by atoms with Gasteiger partial charge in [0.2, 0.25) is 0 Å². The molecule has 76 valence electrons. The van der Waals surface area contributed by atoms with Gasteiger partial charge in [-0.3, -0.25) is 0 Å². The van der Waals surface area contributed by atoms with Crippen LogP contribution < -0.4 is 5.73 Å². The van der Waals surface area contributed by atoms with Crippen LogP contribution in [0.3, 0.4) is 0 Å². The molecule has 3 rings (SSSR count). The summed E-state index contributed by atoms with van der Waals surface area (Å²) in [6, 6.07) is 6.10. The lowest BCUT2D eigenvalue weighted by molar-refractivity contribution is 0.424. The van der Waals surface area contributed by atoms with Gasteiger partial charge in [0.15, 0.2) is 5.76 Å². The minimum Gasteiger partial charge on any atom is -0.356 e. The van der Waals surface area contributed by atoms with Crippen molar-refractivity contribution in [2.24, 2.45) is 5.73 Å². The van der Waals surface area contributed by atoms with Gasteiger partial charge in [0.1, 0.15) is 5.69 Å². The summed E-state index contributed by atoms with van der Waals surface area (Å²) < 4.78 is 6.45. The average Bonchev–Trinajstić information content (AvgIpc) is 2.77. The molecular formula is C11H9BrN2O. The standard InChI is InChI=1S/C11H9BrN2O/c12-9-3-1-2-6-7(9)4-8-10(5-13)14-15-11(6)8/h1-3H,4-5,13H2. The second kappa shape index (κ2) is 3.18. The van der Waals surface area contributed by atoms with E-state index in [9.17, 15) is 0 Å². The van der Waals surface area contributed by atoms with Crippen LogP contribution in [-0.4, -0.2) is 5.16 Å². The van der Waals surface area contributed by atoms with E-state index in [-0.39, 0.29) is 0 Å². The SMILES string of the molecule is NCc1noc2c1Cc1c(Br)cccc1-2. The molecule has 2 aromatic rings. The molecule has 1 heterocycles. The lowest BCUT2D eigenvalue weighted by Crippen LogP contribution is -1.99. The van der Waals surface area contributed by atoms with E-state index in [1.54, 1.807) is 0 Å². The normalized spacial score (nSPS) is 12.7. The fourth-order valence-electron chi connectivity index (χ4n) is 2.02. The molecule has 15 heavy (non-hydrogen) atoms. The van der Waals surface area contributed by atoms with E-state index in [1.165, 1.54) is 5.56 Å². The zero-order valence-electron chi connectivity index (χ0n) is 7.96. The molecule has 4 heteroatoms. The van der Waals surface area contributed by atoms with Crippen LogP contribution in [0.1, 0.15) is 16.8 Å². The fraction of sp³-hybridized carbons (Fsp3) is 0.182. The van der Waals surface area contributed by atoms with Crippen LogP contribution in [0.25, 0.3) is 11.3 Å². The van der Waals surface area contributed by atoms with E-state index < -0.39 is 0 Å². The van der Waals surface area contributed by atoms with Gasteiger partial charge in [-0.25, -0.2) is 0 Å². The van der Waals surface area contributed by atoms with Crippen LogP contribution in [0.4, 0.5) is 0 Å². The Morgan fingerprint density at radius 1 is 1.40 bits per heavy atom. The molecule has 0 unspecified atom stereocenters. The van der Waals surface area contributed by atoms with Crippen LogP contribution >= 0.6 is 15.9 Å². The lowest BCUT2D eigenvalue weighted by Gasteiger charge is -2.00. The van der Waals surface area contributed by atoms with E-state index >= 15 is 0 Å². The van der Waals surface area contributed by atoms with Crippen molar-refractivity contribution in [2.75, 3.05) is 0 Å². The van der Waals surface area contributed by atoms with Gasteiger partial charge in [-0.05, 0) is 11.6 Å². The van der Waals surface area contributed by atoms with Gasteiger partial charge >= 0.3 is 0 Å². The van der Waals surface area contributed by atoms with E-state index in [0.29, 0.717) is 6.54 Å². The molecule has 2 N–H and O–H groups in total. The van der Waals surface area contributed by atoms with Crippen LogP contribution in [0.5, 0.6) is 0 Å². The summed E-state index contributed by atoms with van der Waals surface area (Å²) in [6.45, 7) is 0.435. The number of benzene rings is 1. The van der Waals surface area contributed by atoms with Gasteiger partial charge < -0.3 is 10.3 Å². The highest BCUT2D eigenvalue weighted by Gasteiger charge is 2.27. The summed E-state index contributed by atoms with van der Waals surface area (Å²) in [5.41, 5.74) is 10.0. The Kier molecular flexibility index (Phi) is 1.94. The Morgan fingerprint density at radius 3 is 3.07 bits per heavy atom. The molecule has 0 saturated heterocycles. The third-order valence-electron chi connectivity index (χ3n) is 2.78. The van der Waals surface area contributed by atoms with Gasteiger partial charge in [-0.2, -0.15) is 0 Å². The molecule has 0 radical (unpaired) electrons. The number of halogens is 1. The molecular weight excluding hydrogens is 256 g/mol. The smallest absolute Gasteiger partial charge is 0.171 e. The number of rotatable bonds is 1. The predicted octanol–water partition coefficient (Wildman–Crippen LogP) is 2.47. The second-order valence-corrected chi connectivity index (χ2v) is 4.44. The Bertz CT molecular complexity index is 533. The first-order valence-corrected chi connectivity index (χ1v) is 5.56. The maximum atomic E-state index is 5.61. The predicted molar refractivity (Wildman–Crippen MR) is 60.3 cm³/mol. The fourth-order valence-corrected chi connectivity index (χ4v) is 2.53. The molecule has 0 spiro atoms. The van der Waals surface area contributed by atoms with Crippen LogP contribution in [-0.2, 0) is 13.0 Å². The zero-order chi connectivity index (χ0) is 10.4. The monoisotopic (exact) mass is 264 g/mol. The van der Waals surface area contributed by atoms with Crippen molar-refractivity contribution in [3.05, 3.63) is 39.5 Å². The molecule has 1 aromatic carbocycles. The first-order chi connectivity index (χ1) is 7.31. The average molecular weight is 265 g/mol. The van der Waals surface area contributed by atoms with E-state index in [1.807, 2.05) is 12.1 Å². The first-order valence-electron chi connectivity index (χ1n) is 4.76. The maximum absolute atomic E-state index is 5.61. The van der Waals surface area contributed by atoms with Crippen molar-refractivity contribution in [1.29, 1.82) is 0 Å². The van der Waals surface area contributed by atoms with Gasteiger partial charge in [0, 0.05) is 28.6 Å². The van der Waals surface area contributed by atoms with E-state index in [0.717, 1.165) is 33.5 Å². The number of fused-ring (bicyclic) bond motifs is 3. The molecule has 0 amide bonds. The Morgan fingerprint density at radius 2 is 2.27 bits per heavy atom. The number of nitrogens with two attached hydrogens (primary N) is 1. The van der Waals surface area contributed by atoms with Gasteiger partial charge in [0.25, 0.3) is 0 Å². The molecule has 0 saturated carbocycles. The molecule has 3 nitrogen and oxygen atoms in total. The molecule has 0 fully saturated rings. The van der Waals surface area contributed by atoms with E-state index in [4.69, 9.17) is 10.3 Å². The summed E-state index contributed by atoms with van der Waals surface area (Å²) in [7, 11) is 0. The molecule has 1 aliphatic rings. The highest BCUT2D eigenvalue weighted by Crippen LogP contribution is 2.41. The molecule has 1 aliphatic carbocycles. The number of hydrogen-bond donors (Lipinski definition) is 1. The minimum absolute atomic E-state index is 0.435.